The first-order valence-electron chi connectivity index (χ1n) is 5.86. The maximum Gasteiger partial charge on any atom is 0.350 e. The van der Waals surface area contributed by atoms with E-state index in [-0.39, 0.29) is 17.1 Å². The van der Waals surface area contributed by atoms with Gasteiger partial charge in [-0.2, -0.15) is 0 Å². The van der Waals surface area contributed by atoms with E-state index in [1.54, 1.807) is 0 Å². The fraction of sp³-hybridized carbons (Fsp3) is 0. The standard InChI is InChI=1S/C11H7ClN6O5/c12-9-8(18(22)23)10(14-5-13-9)15-16-11(19)6-2-1-3-7(4-6)17(20)21/h1-5H,(H,16,19)(H,13,14,15). The highest BCUT2D eigenvalue weighted by molar-refractivity contribution is 6.31. The summed E-state index contributed by atoms with van der Waals surface area (Å²) in [5.41, 5.74) is 3.47. The van der Waals surface area contributed by atoms with E-state index in [2.05, 4.69) is 20.8 Å². The Kier molecular flexibility index (Phi) is 4.61. The molecule has 0 aliphatic rings. The molecule has 0 radical (unpaired) electrons. The minimum absolute atomic E-state index is 0.0190. The Bertz CT molecular complexity index is 798. The number of hydrogen-bond acceptors (Lipinski definition) is 8. The Morgan fingerprint density at radius 2 is 1.91 bits per heavy atom. The van der Waals surface area contributed by atoms with Gasteiger partial charge in [-0.25, -0.2) is 9.97 Å². The van der Waals surface area contributed by atoms with Gasteiger partial charge in [-0.1, -0.05) is 17.7 Å². The topological polar surface area (TPSA) is 153 Å². The summed E-state index contributed by atoms with van der Waals surface area (Å²) in [4.78, 5) is 39.1. The third-order valence-corrected chi connectivity index (χ3v) is 2.85. The van der Waals surface area contributed by atoms with Crippen LogP contribution in [0.4, 0.5) is 17.2 Å². The van der Waals surface area contributed by atoms with Crippen LogP contribution in [0.2, 0.25) is 5.15 Å². The van der Waals surface area contributed by atoms with Crippen molar-refractivity contribution in [2.24, 2.45) is 0 Å². The van der Waals surface area contributed by atoms with Gasteiger partial charge in [0.1, 0.15) is 6.33 Å². The Labute approximate surface area is 132 Å². The number of anilines is 1. The summed E-state index contributed by atoms with van der Waals surface area (Å²) >= 11 is 5.59. The third-order valence-electron chi connectivity index (χ3n) is 2.57. The molecule has 0 unspecified atom stereocenters. The van der Waals surface area contributed by atoms with Gasteiger partial charge in [-0.3, -0.25) is 35.9 Å². The zero-order chi connectivity index (χ0) is 17.0. The number of nitrogens with one attached hydrogen (secondary N) is 2. The molecule has 2 N–H and O–H groups in total. The average molecular weight is 339 g/mol. The van der Waals surface area contributed by atoms with E-state index in [4.69, 9.17) is 11.6 Å². The predicted octanol–water partition coefficient (Wildman–Crippen LogP) is 1.70. The molecule has 11 nitrogen and oxygen atoms in total. The summed E-state index contributed by atoms with van der Waals surface area (Å²) in [6, 6.07) is 4.94. The molecule has 2 aromatic rings. The van der Waals surface area contributed by atoms with Crippen LogP contribution in [0.3, 0.4) is 0 Å². The second-order valence-electron chi connectivity index (χ2n) is 4.01. The smallest absolute Gasteiger partial charge is 0.276 e. The van der Waals surface area contributed by atoms with Gasteiger partial charge in [0.2, 0.25) is 11.0 Å². The van der Waals surface area contributed by atoms with Crippen molar-refractivity contribution in [1.29, 1.82) is 0 Å². The second kappa shape index (κ2) is 6.62. The first kappa shape index (κ1) is 16.0. The molecule has 118 valence electrons. The first-order valence-corrected chi connectivity index (χ1v) is 6.23. The Morgan fingerprint density at radius 1 is 1.17 bits per heavy atom. The highest BCUT2D eigenvalue weighted by Gasteiger charge is 2.22. The molecule has 0 bridgehead atoms. The predicted molar refractivity (Wildman–Crippen MR) is 77.9 cm³/mol. The van der Waals surface area contributed by atoms with E-state index in [1.807, 2.05) is 0 Å². The Morgan fingerprint density at radius 3 is 2.57 bits per heavy atom. The van der Waals surface area contributed by atoms with Crippen LogP contribution in [0.5, 0.6) is 0 Å². The molecule has 1 amide bonds. The van der Waals surface area contributed by atoms with Crippen LogP contribution in [0.15, 0.2) is 30.6 Å². The quantitative estimate of drug-likeness (QED) is 0.474. The van der Waals surface area contributed by atoms with Crippen LogP contribution in [-0.4, -0.2) is 25.7 Å². The monoisotopic (exact) mass is 338 g/mol. The van der Waals surface area contributed by atoms with Gasteiger partial charge in [0.25, 0.3) is 11.6 Å². The highest BCUT2D eigenvalue weighted by atomic mass is 35.5. The summed E-state index contributed by atoms with van der Waals surface area (Å²) in [7, 11) is 0. The first-order chi connectivity index (χ1) is 10.9. The van der Waals surface area contributed by atoms with Gasteiger partial charge in [0, 0.05) is 17.7 Å². The number of benzene rings is 1. The summed E-state index contributed by atoms with van der Waals surface area (Å²) < 4.78 is 0. The molecule has 0 spiro atoms. The summed E-state index contributed by atoms with van der Waals surface area (Å²) in [5, 5.41) is 21.1. The summed E-state index contributed by atoms with van der Waals surface area (Å²) in [6.07, 6.45) is 0.969. The molecule has 0 saturated heterocycles. The number of non-ortho nitro benzene ring substituents is 1. The maximum absolute atomic E-state index is 11.9. The second-order valence-corrected chi connectivity index (χ2v) is 4.36. The molecule has 23 heavy (non-hydrogen) atoms. The van der Waals surface area contributed by atoms with E-state index in [1.165, 1.54) is 18.2 Å². The number of nitrogens with zero attached hydrogens (tertiary/aromatic N) is 4. The average Bonchev–Trinajstić information content (AvgIpc) is 2.52. The van der Waals surface area contributed by atoms with Crippen LogP contribution in [0, 0.1) is 20.2 Å². The molecule has 1 aromatic carbocycles. The number of rotatable bonds is 5. The number of carbonyl (C=O) groups is 1. The van der Waals surface area contributed by atoms with E-state index in [0.717, 1.165) is 12.4 Å². The molecule has 0 atom stereocenters. The molecule has 0 aliphatic carbocycles. The fourth-order valence-corrected chi connectivity index (χ4v) is 1.76. The summed E-state index contributed by atoms with van der Waals surface area (Å²) in [6.45, 7) is 0. The van der Waals surface area contributed by atoms with E-state index in [9.17, 15) is 25.0 Å². The SMILES string of the molecule is O=C(NNc1ncnc(Cl)c1[N+](=O)[O-])c1cccc([N+](=O)[O-])c1. The zero-order valence-electron chi connectivity index (χ0n) is 11.1. The minimum Gasteiger partial charge on any atom is -0.276 e. The van der Waals surface area contributed by atoms with Crippen molar-refractivity contribution in [1.82, 2.24) is 15.4 Å². The van der Waals surface area contributed by atoms with Crippen LogP contribution >= 0.6 is 11.6 Å². The molecule has 0 fully saturated rings. The fourth-order valence-electron chi connectivity index (χ4n) is 1.56. The van der Waals surface area contributed by atoms with Gasteiger partial charge in [-0.05, 0) is 6.07 Å². The molecule has 0 aliphatic heterocycles. The number of aromatic nitrogens is 2. The number of amides is 1. The maximum atomic E-state index is 11.9. The Balaban J connectivity index is 2.17. The zero-order valence-corrected chi connectivity index (χ0v) is 11.9. The van der Waals surface area contributed by atoms with Crippen LogP contribution in [0.1, 0.15) is 10.4 Å². The minimum atomic E-state index is -0.815. The number of hydrogen-bond donors (Lipinski definition) is 2. The summed E-state index contributed by atoms with van der Waals surface area (Å²) in [5.74, 6) is -1.08. The van der Waals surface area contributed by atoms with Gasteiger partial charge in [0.05, 0.1) is 9.85 Å². The molecule has 1 aromatic heterocycles. The lowest BCUT2D eigenvalue weighted by Gasteiger charge is -2.08. The van der Waals surface area contributed by atoms with Gasteiger partial charge >= 0.3 is 5.69 Å². The molecular formula is C11H7ClN6O5. The van der Waals surface area contributed by atoms with E-state index < -0.39 is 26.6 Å². The van der Waals surface area contributed by atoms with Gasteiger partial charge < -0.3 is 0 Å². The number of halogens is 1. The molecule has 1 heterocycles. The van der Waals surface area contributed by atoms with Crippen LogP contribution in [-0.2, 0) is 0 Å². The van der Waals surface area contributed by atoms with E-state index in [0.29, 0.717) is 0 Å². The van der Waals surface area contributed by atoms with Crippen LogP contribution < -0.4 is 10.9 Å². The van der Waals surface area contributed by atoms with Crippen molar-refractivity contribution in [3.05, 3.63) is 61.5 Å². The molecule has 2 rings (SSSR count). The molecule has 12 heteroatoms. The van der Waals surface area contributed by atoms with Gasteiger partial charge in [-0.15, -0.1) is 0 Å². The van der Waals surface area contributed by atoms with Crippen molar-refractivity contribution < 1.29 is 14.6 Å². The van der Waals surface area contributed by atoms with Crippen LogP contribution in [0.25, 0.3) is 0 Å². The van der Waals surface area contributed by atoms with Crippen molar-refractivity contribution in [2.75, 3.05) is 5.43 Å². The lowest BCUT2D eigenvalue weighted by molar-refractivity contribution is -0.384. The number of hydrazine groups is 1. The third kappa shape index (κ3) is 3.65. The Hall–Kier alpha value is -3.34. The van der Waals surface area contributed by atoms with Crippen molar-refractivity contribution in [3.8, 4) is 0 Å². The number of carbonyl (C=O) groups excluding carboxylic acids is 1. The highest BCUT2D eigenvalue weighted by Crippen LogP contribution is 2.27. The van der Waals surface area contributed by atoms with Crippen molar-refractivity contribution in [3.63, 3.8) is 0 Å². The lowest BCUT2D eigenvalue weighted by atomic mass is 10.2. The largest absolute Gasteiger partial charge is 0.350 e. The van der Waals surface area contributed by atoms with E-state index >= 15 is 0 Å². The number of nitro benzene ring substituents is 1. The lowest BCUT2D eigenvalue weighted by Crippen LogP contribution is -2.30. The number of nitro groups is 2. The molecular weight excluding hydrogens is 332 g/mol. The molecule has 0 saturated carbocycles. The normalized spacial score (nSPS) is 9.96. The van der Waals surface area contributed by atoms with Crippen molar-refractivity contribution in [2.45, 2.75) is 0 Å². The van der Waals surface area contributed by atoms with Crippen molar-refractivity contribution >= 4 is 34.7 Å². The van der Waals surface area contributed by atoms with Gasteiger partial charge in [0.15, 0.2) is 0 Å².